The van der Waals surface area contributed by atoms with Crippen LogP contribution in [-0.4, -0.2) is 22.1 Å². The Bertz CT molecular complexity index is 326. The molecule has 0 atom stereocenters. The molecule has 0 saturated heterocycles. The van der Waals surface area contributed by atoms with Crippen LogP contribution in [0, 0.1) is 6.92 Å². The molecule has 1 saturated carbocycles. The minimum Gasteiger partial charge on any atom is -0.349 e. The summed E-state index contributed by atoms with van der Waals surface area (Å²) < 4.78 is 0. The number of hydrogen-bond acceptors (Lipinski definition) is 2. The standard InChI is InChI=1S/C10H15N3O/c1-7-9(6-11-13-7)10(14)12-8-4-2-3-5-8/h6,8H,2-5H2,1H3,(H,11,13)(H,12,14). The van der Waals surface area contributed by atoms with E-state index in [1.807, 2.05) is 6.92 Å². The molecular weight excluding hydrogens is 178 g/mol. The van der Waals surface area contributed by atoms with Gasteiger partial charge in [0.1, 0.15) is 0 Å². The van der Waals surface area contributed by atoms with Gasteiger partial charge in [0.05, 0.1) is 11.8 Å². The molecule has 2 rings (SSSR count). The van der Waals surface area contributed by atoms with Gasteiger partial charge in [0.15, 0.2) is 0 Å². The SMILES string of the molecule is Cc1[nH]ncc1C(=O)NC1CCCC1. The van der Waals surface area contributed by atoms with Crippen LogP contribution >= 0.6 is 0 Å². The zero-order valence-corrected chi connectivity index (χ0v) is 8.34. The van der Waals surface area contributed by atoms with Gasteiger partial charge in [0.2, 0.25) is 0 Å². The third-order valence-electron chi connectivity index (χ3n) is 2.76. The molecule has 2 N–H and O–H groups in total. The number of carbonyl (C=O) groups is 1. The van der Waals surface area contributed by atoms with E-state index in [-0.39, 0.29) is 5.91 Å². The van der Waals surface area contributed by atoms with Crippen LogP contribution in [0.4, 0.5) is 0 Å². The first kappa shape index (κ1) is 9.24. The Morgan fingerprint density at radius 3 is 2.86 bits per heavy atom. The highest BCUT2D eigenvalue weighted by molar-refractivity contribution is 5.95. The summed E-state index contributed by atoms with van der Waals surface area (Å²) in [6.45, 7) is 1.86. The minimum atomic E-state index is 0.00292. The molecule has 4 nitrogen and oxygen atoms in total. The Balaban J connectivity index is 1.98. The smallest absolute Gasteiger partial charge is 0.254 e. The van der Waals surface area contributed by atoms with Crippen LogP contribution in [0.5, 0.6) is 0 Å². The van der Waals surface area contributed by atoms with E-state index >= 15 is 0 Å². The maximum absolute atomic E-state index is 11.7. The molecule has 0 bridgehead atoms. The van der Waals surface area contributed by atoms with Crippen molar-refractivity contribution in [2.24, 2.45) is 0 Å². The molecule has 1 heterocycles. The fraction of sp³-hybridized carbons (Fsp3) is 0.600. The van der Waals surface area contributed by atoms with Gasteiger partial charge < -0.3 is 5.32 Å². The summed E-state index contributed by atoms with van der Waals surface area (Å²) >= 11 is 0. The Labute approximate surface area is 83.1 Å². The monoisotopic (exact) mass is 193 g/mol. The lowest BCUT2D eigenvalue weighted by Crippen LogP contribution is -2.32. The second-order valence-electron chi connectivity index (χ2n) is 3.86. The summed E-state index contributed by atoms with van der Waals surface area (Å²) in [7, 11) is 0. The van der Waals surface area contributed by atoms with Crippen molar-refractivity contribution in [1.82, 2.24) is 15.5 Å². The summed E-state index contributed by atoms with van der Waals surface area (Å²) in [5, 5.41) is 9.62. The number of H-pyrrole nitrogens is 1. The summed E-state index contributed by atoms with van der Waals surface area (Å²) in [5.74, 6) is 0.00292. The molecule has 1 aliphatic carbocycles. The molecule has 0 spiro atoms. The zero-order chi connectivity index (χ0) is 9.97. The van der Waals surface area contributed by atoms with E-state index in [0.717, 1.165) is 18.5 Å². The zero-order valence-electron chi connectivity index (χ0n) is 8.34. The van der Waals surface area contributed by atoms with Crippen molar-refractivity contribution in [3.63, 3.8) is 0 Å². The fourth-order valence-electron chi connectivity index (χ4n) is 1.91. The molecule has 1 aromatic rings. The lowest BCUT2D eigenvalue weighted by molar-refractivity contribution is 0.0937. The van der Waals surface area contributed by atoms with Crippen molar-refractivity contribution >= 4 is 5.91 Å². The van der Waals surface area contributed by atoms with Gasteiger partial charge in [0, 0.05) is 11.7 Å². The van der Waals surface area contributed by atoms with Crippen molar-refractivity contribution in [3.8, 4) is 0 Å². The molecule has 1 aliphatic rings. The summed E-state index contributed by atoms with van der Waals surface area (Å²) in [4.78, 5) is 11.7. The molecule has 0 radical (unpaired) electrons. The van der Waals surface area contributed by atoms with Gasteiger partial charge in [-0.15, -0.1) is 0 Å². The molecule has 4 heteroatoms. The predicted molar refractivity (Wildman–Crippen MR) is 53.0 cm³/mol. The number of nitrogens with one attached hydrogen (secondary N) is 2. The topological polar surface area (TPSA) is 57.8 Å². The normalized spacial score (nSPS) is 17.2. The molecule has 1 aromatic heterocycles. The quantitative estimate of drug-likeness (QED) is 0.745. The van der Waals surface area contributed by atoms with Crippen molar-refractivity contribution in [1.29, 1.82) is 0 Å². The van der Waals surface area contributed by atoms with E-state index in [9.17, 15) is 4.79 Å². The maximum atomic E-state index is 11.7. The second-order valence-corrected chi connectivity index (χ2v) is 3.86. The van der Waals surface area contributed by atoms with Crippen molar-refractivity contribution in [2.75, 3.05) is 0 Å². The number of rotatable bonds is 2. The van der Waals surface area contributed by atoms with Crippen LogP contribution in [-0.2, 0) is 0 Å². The first-order valence-electron chi connectivity index (χ1n) is 5.08. The third-order valence-corrected chi connectivity index (χ3v) is 2.76. The number of nitrogens with zero attached hydrogens (tertiary/aromatic N) is 1. The highest BCUT2D eigenvalue weighted by Crippen LogP contribution is 2.18. The van der Waals surface area contributed by atoms with Gasteiger partial charge in [0.25, 0.3) is 5.91 Å². The van der Waals surface area contributed by atoms with Gasteiger partial charge in [-0.3, -0.25) is 9.89 Å². The van der Waals surface area contributed by atoms with Gasteiger partial charge in [-0.25, -0.2) is 0 Å². The molecular formula is C10H15N3O. The molecule has 1 fully saturated rings. The van der Waals surface area contributed by atoms with Crippen LogP contribution in [0.1, 0.15) is 41.7 Å². The second kappa shape index (κ2) is 3.82. The maximum Gasteiger partial charge on any atom is 0.254 e. The lowest BCUT2D eigenvalue weighted by Gasteiger charge is -2.10. The van der Waals surface area contributed by atoms with Crippen LogP contribution in [0.2, 0.25) is 0 Å². The van der Waals surface area contributed by atoms with Gasteiger partial charge in [-0.05, 0) is 19.8 Å². The lowest BCUT2D eigenvalue weighted by atomic mass is 10.2. The summed E-state index contributed by atoms with van der Waals surface area (Å²) in [6.07, 6.45) is 6.27. The number of aryl methyl sites for hydroxylation is 1. The molecule has 0 aromatic carbocycles. The molecule has 1 amide bonds. The van der Waals surface area contributed by atoms with Crippen LogP contribution in [0.25, 0.3) is 0 Å². The van der Waals surface area contributed by atoms with E-state index in [1.165, 1.54) is 12.8 Å². The molecule has 14 heavy (non-hydrogen) atoms. The first-order valence-corrected chi connectivity index (χ1v) is 5.08. The molecule has 0 unspecified atom stereocenters. The average molecular weight is 193 g/mol. The molecule has 0 aliphatic heterocycles. The van der Waals surface area contributed by atoms with Crippen LogP contribution in [0.3, 0.4) is 0 Å². The first-order chi connectivity index (χ1) is 6.77. The predicted octanol–water partition coefficient (Wildman–Crippen LogP) is 1.39. The van der Waals surface area contributed by atoms with E-state index in [1.54, 1.807) is 6.20 Å². The summed E-state index contributed by atoms with van der Waals surface area (Å²) in [6, 6.07) is 0.372. The summed E-state index contributed by atoms with van der Waals surface area (Å²) in [5.41, 5.74) is 1.50. The molecule has 76 valence electrons. The minimum absolute atomic E-state index is 0.00292. The van der Waals surface area contributed by atoms with Crippen molar-refractivity contribution in [3.05, 3.63) is 17.5 Å². The van der Waals surface area contributed by atoms with Crippen molar-refractivity contribution < 1.29 is 4.79 Å². The largest absolute Gasteiger partial charge is 0.349 e. The Hall–Kier alpha value is -1.32. The number of hydrogen-bond donors (Lipinski definition) is 2. The van der Waals surface area contributed by atoms with E-state index in [4.69, 9.17) is 0 Å². The van der Waals surface area contributed by atoms with Gasteiger partial charge in [-0.1, -0.05) is 12.8 Å². The Kier molecular flexibility index (Phi) is 2.52. The van der Waals surface area contributed by atoms with Gasteiger partial charge >= 0.3 is 0 Å². The highest BCUT2D eigenvalue weighted by Gasteiger charge is 2.19. The fourth-order valence-corrected chi connectivity index (χ4v) is 1.91. The Morgan fingerprint density at radius 2 is 2.29 bits per heavy atom. The van der Waals surface area contributed by atoms with E-state index in [2.05, 4.69) is 15.5 Å². The van der Waals surface area contributed by atoms with Gasteiger partial charge in [-0.2, -0.15) is 5.10 Å². The van der Waals surface area contributed by atoms with Crippen LogP contribution in [0.15, 0.2) is 6.20 Å². The highest BCUT2D eigenvalue weighted by atomic mass is 16.1. The van der Waals surface area contributed by atoms with E-state index in [0.29, 0.717) is 11.6 Å². The third kappa shape index (κ3) is 1.78. The number of aromatic nitrogens is 2. The number of amides is 1. The van der Waals surface area contributed by atoms with Crippen molar-refractivity contribution in [2.45, 2.75) is 38.6 Å². The Morgan fingerprint density at radius 1 is 1.57 bits per heavy atom. The number of carbonyl (C=O) groups excluding carboxylic acids is 1. The van der Waals surface area contributed by atoms with Crippen LogP contribution < -0.4 is 5.32 Å². The average Bonchev–Trinajstić information content (AvgIpc) is 2.75. The van der Waals surface area contributed by atoms with E-state index < -0.39 is 0 Å². The number of aromatic amines is 1.